The van der Waals surface area contributed by atoms with Crippen LogP contribution in [0, 0.1) is 0 Å². The maximum atomic E-state index is 13.0. The van der Waals surface area contributed by atoms with E-state index >= 15 is 0 Å². The zero-order chi connectivity index (χ0) is 16.1. The first-order chi connectivity index (χ1) is 9.69. The van der Waals surface area contributed by atoms with Gasteiger partial charge in [-0.1, -0.05) is 13.0 Å². The van der Waals surface area contributed by atoms with Crippen molar-refractivity contribution in [3.05, 3.63) is 29.3 Å². The monoisotopic (exact) mass is 325 g/mol. The third kappa shape index (κ3) is 5.55. The second kappa shape index (κ2) is 7.13. The Labute approximate surface area is 122 Å². The van der Waals surface area contributed by atoms with Crippen LogP contribution in [0.2, 0.25) is 0 Å². The molecular weight excluding hydrogens is 307 g/mol. The third-order valence-corrected chi connectivity index (χ3v) is 4.49. The molecule has 0 aliphatic rings. The van der Waals surface area contributed by atoms with Crippen molar-refractivity contribution in [2.45, 2.75) is 19.6 Å². The largest absolute Gasteiger partial charge is 0.492 e. The number of alkyl halides is 3. The fourth-order valence-electron chi connectivity index (χ4n) is 1.66. The number of halogens is 3. The van der Waals surface area contributed by atoms with Gasteiger partial charge in [0.1, 0.15) is 12.4 Å². The molecule has 0 amide bonds. The van der Waals surface area contributed by atoms with Crippen LogP contribution in [0.4, 0.5) is 13.2 Å². The van der Waals surface area contributed by atoms with Crippen molar-refractivity contribution in [2.75, 3.05) is 25.2 Å². The molecule has 4 nitrogen and oxygen atoms in total. The lowest BCUT2D eigenvalue weighted by Gasteiger charge is -2.15. The minimum Gasteiger partial charge on any atom is -0.492 e. The number of benzene rings is 1. The summed E-state index contributed by atoms with van der Waals surface area (Å²) in [4.78, 5) is 0. The highest BCUT2D eigenvalue weighted by Gasteiger charge is 2.34. The highest BCUT2D eigenvalue weighted by atomic mass is 32.2. The molecule has 0 heterocycles. The second-order valence-electron chi connectivity index (χ2n) is 4.44. The average molecular weight is 325 g/mol. The van der Waals surface area contributed by atoms with Crippen LogP contribution in [0.15, 0.2) is 18.2 Å². The van der Waals surface area contributed by atoms with Gasteiger partial charge in [0.25, 0.3) is 0 Å². The number of rotatable bonds is 7. The van der Waals surface area contributed by atoms with Gasteiger partial charge < -0.3 is 10.1 Å². The molecule has 0 unspecified atom stereocenters. The molecule has 120 valence electrons. The molecule has 8 heteroatoms. The number of sulfone groups is 1. The maximum absolute atomic E-state index is 13.0. The second-order valence-corrected chi connectivity index (χ2v) is 6.92. The van der Waals surface area contributed by atoms with Crippen molar-refractivity contribution in [2.24, 2.45) is 0 Å². The van der Waals surface area contributed by atoms with Gasteiger partial charge >= 0.3 is 6.18 Å². The topological polar surface area (TPSA) is 55.4 Å². The van der Waals surface area contributed by atoms with E-state index in [1.54, 1.807) is 7.05 Å². The molecule has 1 aromatic rings. The fraction of sp³-hybridized carbons (Fsp3) is 0.538. The van der Waals surface area contributed by atoms with E-state index in [0.29, 0.717) is 12.1 Å². The summed E-state index contributed by atoms with van der Waals surface area (Å²) in [6.45, 7) is 1.47. The molecule has 21 heavy (non-hydrogen) atoms. The summed E-state index contributed by atoms with van der Waals surface area (Å²) in [5, 5.41) is 2.77. The minimum absolute atomic E-state index is 0.0659. The normalized spacial score (nSPS) is 12.4. The zero-order valence-electron chi connectivity index (χ0n) is 11.8. The van der Waals surface area contributed by atoms with Crippen molar-refractivity contribution in [3.8, 4) is 5.75 Å². The van der Waals surface area contributed by atoms with E-state index in [1.807, 2.05) is 0 Å². The summed E-state index contributed by atoms with van der Waals surface area (Å²) < 4.78 is 66.5. The summed E-state index contributed by atoms with van der Waals surface area (Å²) in [5.41, 5.74) is -0.428. The van der Waals surface area contributed by atoms with Gasteiger partial charge in [-0.25, -0.2) is 8.42 Å². The Morgan fingerprint density at radius 2 is 1.95 bits per heavy atom. The van der Waals surface area contributed by atoms with Gasteiger partial charge in [0.2, 0.25) is 0 Å². The predicted octanol–water partition coefficient (Wildman–Crippen LogP) is 2.24. The molecule has 0 saturated carbocycles. The molecule has 0 aliphatic carbocycles. The molecule has 0 spiro atoms. The van der Waals surface area contributed by atoms with Gasteiger partial charge in [0.05, 0.1) is 11.3 Å². The number of hydrogen-bond acceptors (Lipinski definition) is 4. The van der Waals surface area contributed by atoms with Crippen molar-refractivity contribution < 1.29 is 26.3 Å². The van der Waals surface area contributed by atoms with E-state index in [1.165, 1.54) is 19.1 Å². The summed E-state index contributed by atoms with van der Waals surface area (Å²) in [5.74, 6) is -0.725. The van der Waals surface area contributed by atoms with Crippen LogP contribution < -0.4 is 10.1 Å². The van der Waals surface area contributed by atoms with Crippen LogP contribution in [0.25, 0.3) is 0 Å². The first kappa shape index (κ1) is 17.8. The standard InChI is InChI=1S/C13H18F3NO3S/c1-3-21(18,19)7-6-20-12-5-4-10(9-17-2)8-11(12)13(14,15)16/h4-5,8,17H,3,6-7,9H2,1-2H3. The van der Waals surface area contributed by atoms with E-state index in [4.69, 9.17) is 4.74 Å². The molecule has 0 fully saturated rings. The van der Waals surface area contributed by atoms with Gasteiger partial charge in [-0.05, 0) is 24.7 Å². The molecule has 0 atom stereocenters. The Kier molecular flexibility index (Phi) is 6.03. The van der Waals surface area contributed by atoms with Crippen molar-refractivity contribution in [3.63, 3.8) is 0 Å². The van der Waals surface area contributed by atoms with Gasteiger partial charge in [-0.2, -0.15) is 13.2 Å². The molecule has 0 aromatic heterocycles. The summed E-state index contributed by atoms with van der Waals surface area (Å²) in [7, 11) is -1.64. The summed E-state index contributed by atoms with van der Waals surface area (Å²) in [6, 6.07) is 3.73. The smallest absolute Gasteiger partial charge is 0.419 e. The van der Waals surface area contributed by atoms with Crippen molar-refractivity contribution >= 4 is 9.84 Å². The number of nitrogens with one attached hydrogen (secondary N) is 1. The van der Waals surface area contributed by atoms with Crippen LogP contribution in [0.1, 0.15) is 18.1 Å². The van der Waals surface area contributed by atoms with Crippen LogP contribution in [0.3, 0.4) is 0 Å². The van der Waals surface area contributed by atoms with Crippen LogP contribution in [-0.4, -0.2) is 33.6 Å². The maximum Gasteiger partial charge on any atom is 0.419 e. The molecule has 1 N–H and O–H groups in total. The number of ether oxygens (including phenoxy) is 1. The fourth-order valence-corrected chi connectivity index (χ4v) is 2.29. The van der Waals surface area contributed by atoms with E-state index in [2.05, 4.69) is 5.32 Å². The first-order valence-electron chi connectivity index (χ1n) is 6.37. The predicted molar refractivity (Wildman–Crippen MR) is 74.0 cm³/mol. The van der Waals surface area contributed by atoms with E-state index in [0.717, 1.165) is 6.07 Å². The molecule has 0 radical (unpaired) electrons. The quantitative estimate of drug-likeness (QED) is 0.835. The van der Waals surface area contributed by atoms with E-state index in [9.17, 15) is 21.6 Å². The van der Waals surface area contributed by atoms with Gasteiger partial charge in [-0.3, -0.25) is 0 Å². The Hall–Kier alpha value is -1.28. The van der Waals surface area contributed by atoms with Crippen LogP contribution >= 0.6 is 0 Å². The lowest BCUT2D eigenvalue weighted by Crippen LogP contribution is -2.17. The van der Waals surface area contributed by atoms with Crippen LogP contribution in [-0.2, 0) is 22.6 Å². The Morgan fingerprint density at radius 1 is 1.29 bits per heavy atom. The molecule has 0 saturated heterocycles. The Morgan fingerprint density at radius 3 is 2.48 bits per heavy atom. The average Bonchev–Trinajstić information content (AvgIpc) is 2.39. The molecule has 0 aliphatic heterocycles. The van der Waals surface area contributed by atoms with Gasteiger partial charge in [0, 0.05) is 12.3 Å². The van der Waals surface area contributed by atoms with Crippen LogP contribution in [0.5, 0.6) is 5.75 Å². The molecule has 1 rings (SSSR count). The summed E-state index contributed by atoms with van der Waals surface area (Å²) in [6.07, 6.45) is -4.55. The van der Waals surface area contributed by atoms with E-state index < -0.39 is 21.6 Å². The zero-order valence-corrected chi connectivity index (χ0v) is 12.6. The highest BCUT2D eigenvalue weighted by Crippen LogP contribution is 2.36. The van der Waals surface area contributed by atoms with Crippen molar-refractivity contribution in [1.29, 1.82) is 0 Å². The highest BCUT2D eigenvalue weighted by molar-refractivity contribution is 7.91. The first-order valence-corrected chi connectivity index (χ1v) is 8.19. The van der Waals surface area contributed by atoms with Crippen molar-refractivity contribution in [1.82, 2.24) is 5.32 Å². The Bertz CT molecular complexity index is 571. The lowest BCUT2D eigenvalue weighted by atomic mass is 10.1. The number of hydrogen-bond donors (Lipinski definition) is 1. The third-order valence-electron chi connectivity index (χ3n) is 2.82. The van der Waals surface area contributed by atoms with E-state index in [-0.39, 0.29) is 23.9 Å². The minimum atomic E-state index is -4.55. The molecule has 1 aromatic carbocycles. The molecule has 0 bridgehead atoms. The summed E-state index contributed by atoms with van der Waals surface area (Å²) >= 11 is 0. The van der Waals surface area contributed by atoms with Gasteiger partial charge in [0.15, 0.2) is 9.84 Å². The molecular formula is C13H18F3NO3S. The Balaban J connectivity index is 2.91. The lowest BCUT2D eigenvalue weighted by molar-refractivity contribution is -0.138. The van der Waals surface area contributed by atoms with Gasteiger partial charge in [-0.15, -0.1) is 0 Å². The SMILES string of the molecule is CCS(=O)(=O)CCOc1ccc(CNC)cc1C(F)(F)F.